The lowest BCUT2D eigenvalue weighted by atomic mass is 10.1. The monoisotopic (exact) mass is 315 g/mol. The van der Waals surface area contributed by atoms with Crippen LogP contribution in [0.3, 0.4) is 0 Å². The van der Waals surface area contributed by atoms with E-state index in [0.717, 1.165) is 5.75 Å². The zero-order valence-corrected chi connectivity index (χ0v) is 12.6. The number of aryl methyl sites for hydroxylation is 1. The predicted octanol–water partition coefficient (Wildman–Crippen LogP) is 2.71. The van der Waals surface area contributed by atoms with Crippen molar-refractivity contribution >= 4 is 5.91 Å². The van der Waals surface area contributed by atoms with Gasteiger partial charge in [-0.15, -0.1) is 0 Å². The summed E-state index contributed by atoms with van der Waals surface area (Å²) in [6.45, 7) is 0.759. The van der Waals surface area contributed by atoms with Crippen molar-refractivity contribution in [3.05, 3.63) is 59.9 Å². The van der Waals surface area contributed by atoms with Crippen molar-refractivity contribution < 1.29 is 18.7 Å². The number of hydrogen-bond acceptors (Lipinski definition) is 3. The summed E-state index contributed by atoms with van der Waals surface area (Å²) in [5.41, 5.74) is 0.550. The number of para-hydroxylation sites is 2. The standard InChI is InChI=1S/C18H18FNO3/c19-15-6-2-1-5-13(15)9-10-18(21)20-11-14-12-22-16-7-3-4-8-17(16)23-14/h1-8,14H,9-12H2,(H,20,21). The Bertz CT molecular complexity index is 689. The molecule has 3 rings (SSSR count). The summed E-state index contributed by atoms with van der Waals surface area (Å²) in [4.78, 5) is 11.9. The van der Waals surface area contributed by atoms with E-state index in [1.807, 2.05) is 24.3 Å². The van der Waals surface area contributed by atoms with Crippen LogP contribution in [0.15, 0.2) is 48.5 Å². The molecule has 1 aliphatic heterocycles. The first kappa shape index (κ1) is 15.3. The zero-order valence-electron chi connectivity index (χ0n) is 12.6. The van der Waals surface area contributed by atoms with Gasteiger partial charge in [-0.3, -0.25) is 4.79 Å². The summed E-state index contributed by atoms with van der Waals surface area (Å²) >= 11 is 0. The van der Waals surface area contributed by atoms with E-state index in [1.54, 1.807) is 18.2 Å². The molecule has 5 heteroatoms. The predicted molar refractivity (Wildman–Crippen MR) is 84.1 cm³/mol. The van der Waals surface area contributed by atoms with Crippen LogP contribution in [0.2, 0.25) is 0 Å². The average molecular weight is 315 g/mol. The second-order valence-corrected chi connectivity index (χ2v) is 5.39. The van der Waals surface area contributed by atoms with Gasteiger partial charge in [0.2, 0.25) is 5.91 Å². The number of fused-ring (bicyclic) bond motifs is 1. The summed E-state index contributed by atoms with van der Waals surface area (Å²) in [7, 11) is 0. The molecule has 0 saturated heterocycles. The molecule has 0 bridgehead atoms. The van der Waals surface area contributed by atoms with E-state index in [2.05, 4.69) is 5.32 Å². The van der Waals surface area contributed by atoms with Gasteiger partial charge in [0, 0.05) is 6.42 Å². The lowest BCUT2D eigenvalue weighted by molar-refractivity contribution is -0.121. The van der Waals surface area contributed by atoms with Crippen LogP contribution in [0.5, 0.6) is 11.5 Å². The summed E-state index contributed by atoms with van der Waals surface area (Å²) in [6, 6.07) is 13.9. The van der Waals surface area contributed by atoms with Gasteiger partial charge in [0.1, 0.15) is 18.5 Å². The second-order valence-electron chi connectivity index (χ2n) is 5.39. The number of carbonyl (C=O) groups excluding carboxylic acids is 1. The minimum atomic E-state index is -0.277. The fourth-order valence-electron chi connectivity index (χ4n) is 2.43. The van der Waals surface area contributed by atoms with Gasteiger partial charge < -0.3 is 14.8 Å². The highest BCUT2D eigenvalue weighted by Gasteiger charge is 2.20. The van der Waals surface area contributed by atoms with Crippen LogP contribution >= 0.6 is 0 Å². The molecule has 0 spiro atoms. The van der Waals surface area contributed by atoms with Crippen molar-refractivity contribution in [3.63, 3.8) is 0 Å². The van der Waals surface area contributed by atoms with Crippen LogP contribution in [0, 0.1) is 5.82 Å². The van der Waals surface area contributed by atoms with E-state index in [-0.39, 0.29) is 24.2 Å². The van der Waals surface area contributed by atoms with Crippen LogP contribution < -0.4 is 14.8 Å². The molecule has 1 atom stereocenters. The molecule has 0 radical (unpaired) electrons. The Hall–Kier alpha value is -2.56. The number of halogens is 1. The van der Waals surface area contributed by atoms with Gasteiger partial charge in [0.25, 0.3) is 0 Å². The molecule has 1 aliphatic rings. The Morgan fingerprint density at radius 2 is 1.87 bits per heavy atom. The van der Waals surface area contributed by atoms with Crippen molar-refractivity contribution in [2.75, 3.05) is 13.2 Å². The molecule has 2 aromatic carbocycles. The third-order valence-electron chi connectivity index (χ3n) is 3.67. The molecule has 0 fully saturated rings. The topological polar surface area (TPSA) is 47.6 Å². The van der Waals surface area contributed by atoms with Crippen LogP contribution in [-0.2, 0) is 11.2 Å². The fourth-order valence-corrected chi connectivity index (χ4v) is 2.43. The number of benzene rings is 2. The van der Waals surface area contributed by atoms with Gasteiger partial charge in [-0.2, -0.15) is 0 Å². The Morgan fingerprint density at radius 1 is 1.13 bits per heavy atom. The van der Waals surface area contributed by atoms with Crippen LogP contribution in [0.1, 0.15) is 12.0 Å². The Morgan fingerprint density at radius 3 is 2.70 bits per heavy atom. The summed E-state index contributed by atoms with van der Waals surface area (Å²) in [5.74, 6) is 0.996. The second kappa shape index (κ2) is 7.13. The average Bonchev–Trinajstić information content (AvgIpc) is 2.59. The molecule has 0 aromatic heterocycles. The van der Waals surface area contributed by atoms with Gasteiger partial charge >= 0.3 is 0 Å². The molecular formula is C18H18FNO3. The molecule has 2 aromatic rings. The van der Waals surface area contributed by atoms with Crippen molar-refractivity contribution in [2.45, 2.75) is 18.9 Å². The van der Waals surface area contributed by atoms with Crippen molar-refractivity contribution in [1.29, 1.82) is 0 Å². The number of nitrogens with one attached hydrogen (secondary N) is 1. The molecule has 1 heterocycles. The van der Waals surface area contributed by atoms with E-state index in [9.17, 15) is 9.18 Å². The molecule has 0 saturated carbocycles. The number of hydrogen-bond donors (Lipinski definition) is 1. The maximum Gasteiger partial charge on any atom is 0.220 e. The van der Waals surface area contributed by atoms with Gasteiger partial charge in [0.05, 0.1) is 6.54 Å². The van der Waals surface area contributed by atoms with Crippen molar-refractivity contribution in [2.24, 2.45) is 0 Å². The zero-order chi connectivity index (χ0) is 16.1. The summed E-state index contributed by atoms with van der Waals surface area (Å²) < 4.78 is 24.8. The highest BCUT2D eigenvalue weighted by molar-refractivity contribution is 5.76. The third kappa shape index (κ3) is 4.00. The van der Waals surface area contributed by atoms with Gasteiger partial charge in [-0.1, -0.05) is 30.3 Å². The maximum absolute atomic E-state index is 13.5. The fraction of sp³-hybridized carbons (Fsp3) is 0.278. The van der Waals surface area contributed by atoms with Gasteiger partial charge in [-0.25, -0.2) is 4.39 Å². The molecule has 1 N–H and O–H groups in total. The maximum atomic E-state index is 13.5. The van der Waals surface area contributed by atoms with E-state index < -0.39 is 0 Å². The van der Waals surface area contributed by atoms with E-state index in [0.29, 0.717) is 30.9 Å². The van der Waals surface area contributed by atoms with E-state index in [1.165, 1.54) is 6.07 Å². The summed E-state index contributed by atoms with van der Waals surface area (Å²) in [6.07, 6.45) is 0.399. The van der Waals surface area contributed by atoms with E-state index in [4.69, 9.17) is 9.47 Å². The molecule has 1 unspecified atom stereocenters. The van der Waals surface area contributed by atoms with Crippen LogP contribution in [0.25, 0.3) is 0 Å². The van der Waals surface area contributed by atoms with Crippen molar-refractivity contribution in [3.8, 4) is 11.5 Å². The quantitative estimate of drug-likeness (QED) is 0.923. The number of carbonyl (C=O) groups is 1. The SMILES string of the molecule is O=C(CCc1ccccc1F)NCC1COc2ccccc2O1. The molecule has 23 heavy (non-hydrogen) atoms. The molecule has 4 nitrogen and oxygen atoms in total. The Labute approximate surface area is 134 Å². The number of rotatable bonds is 5. The summed E-state index contributed by atoms with van der Waals surface area (Å²) in [5, 5.41) is 2.81. The van der Waals surface area contributed by atoms with Crippen LogP contribution in [0.4, 0.5) is 4.39 Å². The lowest BCUT2D eigenvalue weighted by Gasteiger charge is -2.26. The first-order valence-electron chi connectivity index (χ1n) is 7.61. The smallest absolute Gasteiger partial charge is 0.220 e. The normalized spacial score (nSPS) is 16.0. The number of amides is 1. The van der Waals surface area contributed by atoms with Crippen molar-refractivity contribution in [1.82, 2.24) is 5.32 Å². The molecule has 1 amide bonds. The van der Waals surface area contributed by atoms with Crippen LogP contribution in [-0.4, -0.2) is 25.2 Å². The number of ether oxygens (including phenoxy) is 2. The lowest BCUT2D eigenvalue weighted by Crippen LogP contribution is -2.40. The minimum absolute atomic E-state index is 0.129. The van der Waals surface area contributed by atoms with E-state index >= 15 is 0 Å². The molecular weight excluding hydrogens is 297 g/mol. The first-order valence-corrected chi connectivity index (χ1v) is 7.61. The Balaban J connectivity index is 1.44. The minimum Gasteiger partial charge on any atom is -0.486 e. The first-order chi connectivity index (χ1) is 11.2. The Kier molecular flexibility index (Phi) is 4.76. The largest absolute Gasteiger partial charge is 0.486 e. The highest BCUT2D eigenvalue weighted by atomic mass is 19.1. The molecule has 0 aliphatic carbocycles. The van der Waals surface area contributed by atoms with Gasteiger partial charge in [0.15, 0.2) is 11.5 Å². The van der Waals surface area contributed by atoms with Gasteiger partial charge in [-0.05, 0) is 30.2 Å². The molecule has 120 valence electrons. The highest BCUT2D eigenvalue weighted by Crippen LogP contribution is 2.30. The third-order valence-corrected chi connectivity index (χ3v) is 3.67.